The van der Waals surface area contributed by atoms with Gasteiger partial charge in [0.2, 0.25) is 0 Å². The fourth-order valence-electron chi connectivity index (χ4n) is 1.62. The van der Waals surface area contributed by atoms with Crippen LogP contribution in [0.1, 0.15) is 12.5 Å². The molecule has 1 aromatic carbocycles. The lowest BCUT2D eigenvalue weighted by Crippen LogP contribution is -2.04. The summed E-state index contributed by atoms with van der Waals surface area (Å²) in [5.41, 5.74) is 1.63. The molecule has 0 atom stereocenters. The maximum absolute atomic E-state index is 6.21. The van der Waals surface area contributed by atoms with Crippen molar-refractivity contribution in [2.24, 2.45) is 0 Å². The Morgan fingerprint density at radius 1 is 1.15 bits per heavy atom. The van der Waals surface area contributed by atoms with Crippen LogP contribution in [0.2, 0.25) is 10.0 Å². The van der Waals surface area contributed by atoms with Crippen LogP contribution in [-0.2, 0) is 0 Å². The Morgan fingerprint density at radius 3 is 2.55 bits per heavy atom. The van der Waals surface area contributed by atoms with Crippen molar-refractivity contribution >= 4 is 56.5 Å². The van der Waals surface area contributed by atoms with E-state index < -0.39 is 0 Å². The van der Waals surface area contributed by atoms with E-state index in [1.54, 1.807) is 6.07 Å². The molecule has 20 heavy (non-hydrogen) atoms. The van der Waals surface area contributed by atoms with Crippen LogP contribution >= 0.6 is 39.1 Å². The molecule has 2 rings (SSSR count). The number of hydrogen-bond acceptors (Lipinski definition) is 4. The predicted molar refractivity (Wildman–Crippen MR) is 88.4 cm³/mol. The first-order valence-corrected chi connectivity index (χ1v) is 7.54. The van der Waals surface area contributed by atoms with Crippen LogP contribution in [0.25, 0.3) is 0 Å². The van der Waals surface area contributed by atoms with Gasteiger partial charge in [0.1, 0.15) is 22.4 Å². The summed E-state index contributed by atoms with van der Waals surface area (Å²) < 4.78 is 0.745. The number of hydrogen-bond donors (Lipinski definition) is 2. The quantitative estimate of drug-likeness (QED) is 0.786. The van der Waals surface area contributed by atoms with Crippen molar-refractivity contribution in [1.29, 1.82) is 0 Å². The third kappa shape index (κ3) is 3.34. The molecule has 0 radical (unpaired) electrons. The van der Waals surface area contributed by atoms with Crippen LogP contribution < -0.4 is 10.6 Å². The first-order valence-electron chi connectivity index (χ1n) is 6.00. The average molecular weight is 376 g/mol. The molecule has 0 aliphatic heterocycles. The van der Waals surface area contributed by atoms with Crippen LogP contribution in [0, 0.1) is 6.92 Å². The molecule has 4 nitrogen and oxygen atoms in total. The van der Waals surface area contributed by atoms with E-state index in [2.05, 4.69) is 36.5 Å². The van der Waals surface area contributed by atoms with E-state index in [0.29, 0.717) is 21.6 Å². The molecule has 7 heteroatoms. The largest absolute Gasteiger partial charge is 0.369 e. The minimum absolute atomic E-state index is 0.586. The molecule has 0 bridgehead atoms. The van der Waals surface area contributed by atoms with E-state index in [9.17, 15) is 0 Å². The van der Waals surface area contributed by atoms with Gasteiger partial charge in [-0.25, -0.2) is 9.97 Å². The highest BCUT2D eigenvalue weighted by Gasteiger charge is 2.11. The van der Waals surface area contributed by atoms with Crippen molar-refractivity contribution in [1.82, 2.24) is 9.97 Å². The zero-order valence-electron chi connectivity index (χ0n) is 11.0. The Labute approximate surface area is 136 Å². The minimum atomic E-state index is 0.586. The van der Waals surface area contributed by atoms with E-state index in [1.165, 1.54) is 6.33 Å². The summed E-state index contributed by atoms with van der Waals surface area (Å²) in [6.45, 7) is 4.67. The number of aryl methyl sites for hydroxylation is 1. The topological polar surface area (TPSA) is 49.8 Å². The van der Waals surface area contributed by atoms with Crippen LogP contribution in [0.4, 0.5) is 17.3 Å². The molecule has 0 fully saturated rings. The number of aromatic nitrogens is 2. The summed E-state index contributed by atoms with van der Waals surface area (Å²) in [7, 11) is 0. The molecule has 2 aromatic rings. The molecular formula is C13H13BrCl2N4. The fraction of sp³-hybridized carbons (Fsp3) is 0.231. The summed E-state index contributed by atoms with van der Waals surface area (Å²) >= 11 is 15.8. The van der Waals surface area contributed by atoms with Crippen LogP contribution in [0.3, 0.4) is 0 Å². The second-order valence-corrected chi connectivity index (χ2v) is 5.73. The number of nitrogens with zero attached hydrogens (tertiary/aromatic N) is 2. The number of nitrogens with one attached hydrogen (secondary N) is 2. The molecule has 0 spiro atoms. The molecule has 0 saturated carbocycles. The molecule has 0 unspecified atom stereocenters. The standard InChI is InChI=1S/C13H13BrCl2N4/c1-3-17-12-11(14)13(19-6-18-12)20-10-5-8(15)7(2)4-9(10)16/h4-6H,3H2,1-2H3,(H2,17,18,19,20). The maximum Gasteiger partial charge on any atom is 0.150 e. The van der Waals surface area contributed by atoms with Gasteiger partial charge in [-0.1, -0.05) is 23.2 Å². The maximum atomic E-state index is 6.21. The highest BCUT2D eigenvalue weighted by molar-refractivity contribution is 9.10. The first kappa shape index (κ1) is 15.4. The van der Waals surface area contributed by atoms with E-state index in [4.69, 9.17) is 23.2 Å². The van der Waals surface area contributed by atoms with Gasteiger partial charge in [0, 0.05) is 11.6 Å². The number of benzene rings is 1. The highest BCUT2D eigenvalue weighted by atomic mass is 79.9. The van der Waals surface area contributed by atoms with Crippen molar-refractivity contribution in [2.75, 3.05) is 17.2 Å². The van der Waals surface area contributed by atoms with Crippen LogP contribution in [0.5, 0.6) is 0 Å². The lowest BCUT2D eigenvalue weighted by atomic mass is 10.2. The van der Waals surface area contributed by atoms with Gasteiger partial charge < -0.3 is 10.6 Å². The summed E-state index contributed by atoms with van der Waals surface area (Å²) in [6, 6.07) is 3.59. The molecule has 1 aromatic heterocycles. The molecule has 1 heterocycles. The predicted octanol–water partition coefficient (Wildman–Crippen LogP) is 5.03. The van der Waals surface area contributed by atoms with E-state index in [-0.39, 0.29) is 0 Å². The SMILES string of the molecule is CCNc1ncnc(Nc2cc(Cl)c(C)cc2Cl)c1Br. The van der Waals surface area contributed by atoms with E-state index in [0.717, 1.165) is 22.4 Å². The third-order valence-corrected chi connectivity index (χ3v) is 4.11. The number of halogens is 3. The molecule has 0 amide bonds. The lowest BCUT2D eigenvalue weighted by molar-refractivity contribution is 1.10. The molecule has 0 aliphatic rings. The van der Waals surface area contributed by atoms with Gasteiger partial charge in [-0.15, -0.1) is 0 Å². The molecular weight excluding hydrogens is 363 g/mol. The molecule has 106 valence electrons. The van der Waals surface area contributed by atoms with Crippen LogP contribution in [-0.4, -0.2) is 16.5 Å². The third-order valence-electron chi connectivity index (χ3n) is 2.64. The fourth-order valence-corrected chi connectivity index (χ4v) is 2.49. The lowest BCUT2D eigenvalue weighted by Gasteiger charge is -2.13. The summed E-state index contributed by atoms with van der Waals surface area (Å²) in [5, 5.41) is 7.53. The van der Waals surface area contributed by atoms with Crippen molar-refractivity contribution < 1.29 is 0 Å². The molecule has 0 saturated heterocycles. The zero-order chi connectivity index (χ0) is 14.7. The first-order chi connectivity index (χ1) is 9.52. The second-order valence-electron chi connectivity index (χ2n) is 4.12. The smallest absolute Gasteiger partial charge is 0.150 e. The van der Waals surface area contributed by atoms with Crippen molar-refractivity contribution in [3.05, 3.63) is 38.5 Å². The summed E-state index contributed by atoms with van der Waals surface area (Å²) in [5.74, 6) is 1.34. The summed E-state index contributed by atoms with van der Waals surface area (Å²) in [4.78, 5) is 8.36. The summed E-state index contributed by atoms with van der Waals surface area (Å²) in [6.07, 6.45) is 1.48. The second kappa shape index (κ2) is 6.61. The zero-order valence-corrected chi connectivity index (χ0v) is 14.1. The number of anilines is 3. The average Bonchev–Trinajstić information content (AvgIpc) is 2.40. The Morgan fingerprint density at radius 2 is 1.85 bits per heavy atom. The van der Waals surface area contributed by atoms with Gasteiger partial charge in [-0.05, 0) is 47.5 Å². The number of rotatable bonds is 4. The van der Waals surface area contributed by atoms with Crippen LogP contribution in [0.15, 0.2) is 22.9 Å². The Bertz CT molecular complexity index is 634. The van der Waals surface area contributed by atoms with Gasteiger partial charge in [-0.2, -0.15) is 0 Å². The Balaban J connectivity index is 2.35. The van der Waals surface area contributed by atoms with Gasteiger partial charge in [0.25, 0.3) is 0 Å². The van der Waals surface area contributed by atoms with E-state index in [1.807, 2.05) is 19.9 Å². The Hall–Kier alpha value is -1.04. The van der Waals surface area contributed by atoms with Gasteiger partial charge in [-0.3, -0.25) is 0 Å². The molecule has 0 aliphatic carbocycles. The minimum Gasteiger partial charge on any atom is -0.369 e. The highest BCUT2D eigenvalue weighted by Crippen LogP contribution is 2.34. The van der Waals surface area contributed by atoms with Gasteiger partial charge in [0.05, 0.1) is 10.7 Å². The van der Waals surface area contributed by atoms with Crippen molar-refractivity contribution in [3.8, 4) is 0 Å². The van der Waals surface area contributed by atoms with Crippen molar-refractivity contribution in [2.45, 2.75) is 13.8 Å². The Kier molecular flexibility index (Phi) is 5.07. The van der Waals surface area contributed by atoms with Gasteiger partial charge >= 0.3 is 0 Å². The van der Waals surface area contributed by atoms with Crippen molar-refractivity contribution in [3.63, 3.8) is 0 Å². The molecule has 2 N–H and O–H groups in total. The monoisotopic (exact) mass is 374 g/mol. The normalized spacial score (nSPS) is 10.4. The van der Waals surface area contributed by atoms with Gasteiger partial charge in [0.15, 0.2) is 0 Å². The van der Waals surface area contributed by atoms with E-state index >= 15 is 0 Å².